The van der Waals surface area contributed by atoms with Crippen molar-refractivity contribution in [1.82, 2.24) is 14.7 Å². The SMILES string of the molecule is CCn1c(S[C@H](C)C(=O)Nc2cc(C)no2)nc2ccccc21. The number of para-hydroxylation sites is 2. The highest BCUT2D eigenvalue weighted by Gasteiger charge is 2.20. The molecule has 0 aliphatic carbocycles. The second-order valence-electron chi connectivity index (χ2n) is 5.21. The predicted octanol–water partition coefficient (Wildman–Crippen LogP) is 3.47. The molecule has 0 bridgehead atoms. The molecule has 6 nitrogen and oxygen atoms in total. The summed E-state index contributed by atoms with van der Waals surface area (Å²) in [5, 5.41) is 7.02. The number of carbonyl (C=O) groups excluding carboxylic acids is 1. The van der Waals surface area contributed by atoms with Crippen LogP contribution in [0.5, 0.6) is 0 Å². The largest absolute Gasteiger partial charge is 0.338 e. The van der Waals surface area contributed by atoms with Crippen LogP contribution in [0.2, 0.25) is 0 Å². The topological polar surface area (TPSA) is 73.0 Å². The Kier molecular flexibility index (Phi) is 4.38. The van der Waals surface area contributed by atoms with Gasteiger partial charge in [0.05, 0.1) is 22.0 Å². The average Bonchev–Trinajstić information content (AvgIpc) is 3.09. The third-order valence-corrected chi connectivity index (χ3v) is 4.55. The normalized spacial score (nSPS) is 12.5. The smallest absolute Gasteiger partial charge is 0.240 e. The van der Waals surface area contributed by atoms with E-state index in [0.29, 0.717) is 5.88 Å². The number of carbonyl (C=O) groups is 1. The fraction of sp³-hybridized carbons (Fsp3) is 0.312. The second-order valence-corrected chi connectivity index (χ2v) is 6.52. The number of benzene rings is 1. The van der Waals surface area contributed by atoms with Crippen molar-refractivity contribution in [2.45, 2.75) is 37.7 Å². The molecular weight excluding hydrogens is 312 g/mol. The first kappa shape index (κ1) is 15.6. The van der Waals surface area contributed by atoms with Gasteiger partial charge in [-0.05, 0) is 32.9 Å². The lowest BCUT2D eigenvalue weighted by Crippen LogP contribution is -2.22. The van der Waals surface area contributed by atoms with Gasteiger partial charge in [-0.1, -0.05) is 29.1 Å². The molecule has 1 amide bonds. The van der Waals surface area contributed by atoms with E-state index in [1.807, 2.05) is 31.2 Å². The molecular formula is C16H18N4O2S. The number of hydrogen-bond donors (Lipinski definition) is 1. The molecule has 0 saturated heterocycles. The molecule has 0 aliphatic rings. The van der Waals surface area contributed by atoms with Gasteiger partial charge in [0.2, 0.25) is 11.8 Å². The summed E-state index contributed by atoms with van der Waals surface area (Å²) in [7, 11) is 0. The maximum Gasteiger partial charge on any atom is 0.240 e. The Morgan fingerprint density at radius 1 is 1.43 bits per heavy atom. The molecule has 3 aromatic rings. The predicted molar refractivity (Wildman–Crippen MR) is 90.6 cm³/mol. The maximum absolute atomic E-state index is 12.3. The minimum absolute atomic E-state index is 0.138. The molecule has 1 atom stereocenters. The Labute approximate surface area is 138 Å². The van der Waals surface area contributed by atoms with Crippen LogP contribution in [0.25, 0.3) is 11.0 Å². The summed E-state index contributed by atoms with van der Waals surface area (Å²) in [5.74, 6) is 0.227. The van der Waals surface area contributed by atoms with E-state index in [4.69, 9.17) is 4.52 Å². The number of nitrogens with one attached hydrogen (secondary N) is 1. The Hall–Kier alpha value is -2.28. The van der Waals surface area contributed by atoms with E-state index in [2.05, 4.69) is 26.9 Å². The molecule has 0 radical (unpaired) electrons. The van der Waals surface area contributed by atoms with Crippen LogP contribution in [0, 0.1) is 6.92 Å². The van der Waals surface area contributed by atoms with E-state index in [9.17, 15) is 4.79 Å². The maximum atomic E-state index is 12.3. The van der Waals surface area contributed by atoms with Crippen LogP contribution in [-0.4, -0.2) is 25.9 Å². The first-order chi connectivity index (χ1) is 11.1. The van der Waals surface area contributed by atoms with Crippen LogP contribution in [0.4, 0.5) is 5.88 Å². The van der Waals surface area contributed by atoms with Crippen molar-refractivity contribution >= 4 is 34.6 Å². The Morgan fingerprint density at radius 3 is 2.91 bits per heavy atom. The third kappa shape index (κ3) is 3.24. The van der Waals surface area contributed by atoms with Crippen molar-refractivity contribution in [3.63, 3.8) is 0 Å². The summed E-state index contributed by atoms with van der Waals surface area (Å²) in [6.45, 7) is 6.53. The average molecular weight is 330 g/mol. The summed E-state index contributed by atoms with van der Waals surface area (Å²) >= 11 is 1.43. The monoisotopic (exact) mass is 330 g/mol. The molecule has 0 unspecified atom stereocenters. The van der Waals surface area contributed by atoms with Crippen molar-refractivity contribution in [3.8, 4) is 0 Å². The summed E-state index contributed by atoms with van der Waals surface area (Å²) in [6.07, 6.45) is 0. The number of rotatable bonds is 5. The number of amides is 1. The molecule has 120 valence electrons. The van der Waals surface area contributed by atoms with Crippen LogP contribution in [0.3, 0.4) is 0 Å². The van der Waals surface area contributed by atoms with E-state index in [1.54, 1.807) is 13.0 Å². The summed E-state index contributed by atoms with van der Waals surface area (Å²) < 4.78 is 7.13. The molecule has 0 aliphatic heterocycles. The van der Waals surface area contributed by atoms with Crippen LogP contribution in [0.1, 0.15) is 19.5 Å². The number of aromatic nitrogens is 3. The van der Waals surface area contributed by atoms with E-state index in [-0.39, 0.29) is 11.2 Å². The van der Waals surface area contributed by atoms with Gasteiger partial charge in [-0.3, -0.25) is 10.1 Å². The van der Waals surface area contributed by atoms with E-state index >= 15 is 0 Å². The minimum atomic E-state index is -0.303. The van der Waals surface area contributed by atoms with Gasteiger partial charge in [0, 0.05) is 12.6 Å². The van der Waals surface area contributed by atoms with Crippen LogP contribution < -0.4 is 5.32 Å². The van der Waals surface area contributed by atoms with Gasteiger partial charge in [-0.2, -0.15) is 0 Å². The zero-order valence-corrected chi connectivity index (χ0v) is 14.1. The van der Waals surface area contributed by atoms with Gasteiger partial charge in [0.25, 0.3) is 0 Å². The van der Waals surface area contributed by atoms with Gasteiger partial charge < -0.3 is 9.09 Å². The number of thioether (sulfide) groups is 1. The van der Waals surface area contributed by atoms with Crippen molar-refractivity contribution in [2.24, 2.45) is 0 Å². The fourth-order valence-electron chi connectivity index (χ4n) is 2.31. The van der Waals surface area contributed by atoms with Crippen LogP contribution in [0.15, 0.2) is 40.0 Å². The van der Waals surface area contributed by atoms with E-state index < -0.39 is 0 Å². The van der Waals surface area contributed by atoms with Gasteiger partial charge >= 0.3 is 0 Å². The highest BCUT2D eigenvalue weighted by atomic mass is 32.2. The summed E-state index contributed by atoms with van der Waals surface area (Å²) in [6, 6.07) is 9.67. The molecule has 23 heavy (non-hydrogen) atoms. The zero-order valence-electron chi connectivity index (χ0n) is 13.2. The zero-order chi connectivity index (χ0) is 16.4. The van der Waals surface area contributed by atoms with Gasteiger partial charge in [-0.15, -0.1) is 0 Å². The summed E-state index contributed by atoms with van der Waals surface area (Å²) in [4.78, 5) is 16.9. The number of hydrogen-bond acceptors (Lipinski definition) is 5. The van der Waals surface area contributed by atoms with Crippen molar-refractivity contribution in [3.05, 3.63) is 36.0 Å². The lowest BCUT2D eigenvalue weighted by Gasteiger charge is -2.11. The number of fused-ring (bicyclic) bond motifs is 1. The Bertz CT molecular complexity index is 840. The summed E-state index contributed by atoms with van der Waals surface area (Å²) in [5.41, 5.74) is 2.75. The molecule has 1 aromatic carbocycles. The lowest BCUT2D eigenvalue weighted by atomic mass is 10.3. The molecule has 7 heteroatoms. The number of aryl methyl sites for hydroxylation is 2. The van der Waals surface area contributed by atoms with Gasteiger partial charge in [-0.25, -0.2) is 4.98 Å². The molecule has 0 fully saturated rings. The van der Waals surface area contributed by atoms with Crippen molar-refractivity contribution in [2.75, 3.05) is 5.32 Å². The number of imidazole rings is 1. The van der Waals surface area contributed by atoms with Crippen molar-refractivity contribution in [1.29, 1.82) is 0 Å². The molecule has 1 N–H and O–H groups in total. The Balaban J connectivity index is 1.76. The third-order valence-electron chi connectivity index (χ3n) is 3.46. The first-order valence-corrected chi connectivity index (χ1v) is 8.32. The van der Waals surface area contributed by atoms with Crippen LogP contribution in [-0.2, 0) is 11.3 Å². The van der Waals surface area contributed by atoms with Gasteiger partial charge in [0.15, 0.2) is 5.16 Å². The van der Waals surface area contributed by atoms with Gasteiger partial charge in [0.1, 0.15) is 0 Å². The Morgan fingerprint density at radius 2 is 2.22 bits per heavy atom. The lowest BCUT2D eigenvalue weighted by molar-refractivity contribution is -0.115. The number of nitrogens with zero attached hydrogens (tertiary/aromatic N) is 3. The molecule has 2 heterocycles. The quantitative estimate of drug-likeness (QED) is 0.725. The minimum Gasteiger partial charge on any atom is -0.338 e. The standard InChI is InChI=1S/C16H18N4O2S/c1-4-20-13-8-6-5-7-12(13)17-16(20)23-11(3)15(21)18-14-9-10(2)19-22-14/h5-9,11H,4H2,1-3H3,(H,18,21)/t11-/m1/s1. The highest BCUT2D eigenvalue weighted by Crippen LogP contribution is 2.27. The first-order valence-electron chi connectivity index (χ1n) is 7.44. The molecule has 2 aromatic heterocycles. The molecule has 0 spiro atoms. The van der Waals surface area contributed by atoms with E-state index in [1.165, 1.54) is 11.8 Å². The van der Waals surface area contributed by atoms with Crippen molar-refractivity contribution < 1.29 is 9.32 Å². The molecule has 3 rings (SSSR count). The van der Waals surface area contributed by atoms with E-state index in [0.717, 1.165) is 28.4 Å². The fourth-order valence-corrected chi connectivity index (χ4v) is 3.29. The number of anilines is 1. The molecule has 0 saturated carbocycles. The second kappa shape index (κ2) is 6.45. The highest BCUT2D eigenvalue weighted by molar-refractivity contribution is 8.00. The van der Waals surface area contributed by atoms with Crippen LogP contribution >= 0.6 is 11.8 Å².